The molecule has 0 bridgehead atoms. The second-order valence-corrected chi connectivity index (χ2v) is 15.0. The smallest absolute Gasteiger partial charge is 0.379 e. The monoisotopic (exact) mass is 696 g/mol. The lowest BCUT2D eigenvalue weighted by molar-refractivity contribution is -0.137. The number of rotatable bonds is 4. The highest BCUT2D eigenvalue weighted by Gasteiger charge is 2.44. The number of carbonyl (C=O) groups is 1. The molecule has 7 rings (SSSR count). The lowest BCUT2D eigenvalue weighted by atomic mass is 9.70. The van der Waals surface area contributed by atoms with Crippen LogP contribution in [0.15, 0.2) is 40.5 Å². The van der Waals surface area contributed by atoms with Crippen molar-refractivity contribution in [2.45, 2.75) is 62.8 Å². The quantitative estimate of drug-likeness (QED) is 0.178. The summed E-state index contributed by atoms with van der Waals surface area (Å²) in [5.74, 6) is -0.267. The van der Waals surface area contributed by atoms with Crippen LogP contribution in [0.3, 0.4) is 0 Å². The van der Waals surface area contributed by atoms with E-state index in [2.05, 4.69) is 22.9 Å². The van der Waals surface area contributed by atoms with Crippen LogP contribution in [-0.4, -0.2) is 58.3 Å². The van der Waals surface area contributed by atoms with Crippen LogP contribution < -0.4 is 15.9 Å². The normalized spacial score (nSPS) is 20.5. The Kier molecular flexibility index (Phi) is 7.78. The molecular formula is C34H32F4N6O2S2. The zero-order valence-electron chi connectivity index (χ0n) is 26.5. The van der Waals surface area contributed by atoms with E-state index in [1.165, 1.54) is 28.5 Å². The van der Waals surface area contributed by atoms with Gasteiger partial charge in [0.15, 0.2) is 0 Å². The van der Waals surface area contributed by atoms with E-state index < -0.39 is 23.2 Å². The molecule has 3 aliphatic rings. The molecule has 1 amide bonds. The SMILES string of the molecule is C=CC(=O)N1[C@H](C)CN(c2nc(=O)n3c4c(c(-c5ccc(F)c6sc(NC)c(C#N)c56)c(C(F)(F)F)cc24)SCC2(CCC2)C3)C[C@@H]1C. The van der Waals surface area contributed by atoms with E-state index in [0.717, 1.165) is 42.7 Å². The molecule has 2 atom stereocenters. The zero-order valence-corrected chi connectivity index (χ0v) is 28.1. The minimum absolute atomic E-state index is 0.0595. The number of hydrogen-bond acceptors (Lipinski definition) is 8. The lowest BCUT2D eigenvalue weighted by Gasteiger charge is -2.45. The summed E-state index contributed by atoms with van der Waals surface area (Å²) in [7, 11) is 1.57. The summed E-state index contributed by atoms with van der Waals surface area (Å²) in [5, 5.41) is 13.7. The maximum Gasteiger partial charge on any atom is 0.417 e. The first-order chi connectivity index (χ1) is 22.8. The molecule has 2 aromatic carbocycles. The Morgan fingerprint density at radius 3 is 2.52 bits per heavy atom. The van der Waals surface area contributed by atoms with Crippen molar-refractivity contribution in [2.24, 2.45) is 5.41 Å². The predicted octanol–water partition coefficient (Wildman–Crippen LogP) is 7.24. The molecule has 4 aromatic rings. The Morgan fingerprint density at radius 1 is 1.23 bits per heavy atom. The molecule has 2 aliphatic heterocycles. The third kappa shape index (κ3) is 4.88. The van der Waals surface area contributed by atoms with Crippen LogP contribution in [-0.2, 0) is 17.5 Å². The van der Waals surface area contributed by atoms with Gasteiger partial charge in [-0.15, -0.1) is 23.1 Å². The van der Waals surface area contributed by atoms with E-state index in [4.69, 9.17) is 0 Å². The van der Waals surface area contributed by atoms with Crippen molar-refractivity contribution in [2.75, 3.05) is 36.1 Å². The van der Waals surface area contributed by atoms with Crippen LogP contribution >= 0.6 is 23.1 Å². The maximum atomic E-state index is 15.4. The van der Waals surface area contributed by atoms with Crippen molar-refractivity contribution in [3.8, 4) is 17.2 Å². The number of nitrogens with zero attached hydrogens (tertiary/aromatic N) is 5. The van der Waals surface area contributed by atoms with E-state index in [0.29, 0.717) is 22.8 Å². The van der Waals surface area contributed by atoms with Gasteiger partial charge in [0.25, 0.3) is 0 Å². The molecule has 1 spiro atoms. The number of alkyl halides is 3. The molecule has 2 fully saturated rings. The standard InChI is InChI=1S/C34H32F4N6O2S2/c1-5-24(45)44-17(2)13-42(14-18(44)3)30-20-11-22(34(36,37)38)26(19-7-8-23(35)28-25(19)21(12-39)31(40-4)48-28)29-27(20)43(32(46)41-30)15-33(16-47-29)9-6-10-33/h5,7-8,11,17-18,40H,1,6,9-10,13-16H2,2-4H3/t17-,18+. The van der Waals surface area contributed by atoms with Crippen molar-refractivity contribution in [1.29, 1.82) is 5.26 Å². The number of hydrogen-bond donors (Lipinski definition) is 1. The highest BCUT2D eigenvalue weighted by Crippen LogP contribution is 2.55. The van der Waals surface area contributed by atoms with E-state index in [1.807, 2.05) is 13.8 Å². The Bertz CT molecular complexity index is 2120. The number of piperazine rings is 1. The number of nitrogens with one attached hydrogen (secondary N) is 1. The van der Waals surface area contributed by atoms with Gasteiger partial charge in [-0.25, -0.2) is 9.18 Å². The highest BCUT2D eigenvalue weighted by atomic mass is 32.2. The average Bonchev–Trinajstić information content (AvgIpc) is 3.30. The largest absolute Gasteiger partial charge is 0.417 e. The van der Waals surface area contributed by atoms with Gasteiger partial charge in [-0.1, -0.05) is 19.1 Å². The summed E-state index contributed by atoms with van der Waals surface area (Å²) in [6.45, 7) is 8.09. The number of benzene rings is 2. The number of carbonyl (C=O) groups excluding carboxylic acids is 1. The van der Waals surface area contributed by atoms with E-state index >= 15 is 17.6 Å². The van der Waals surface area contributed by atoms with Gasteiger partial charge >= 0.3 is 11.9 Å². The topological polar surface area (TPSA) is 94.3 Å². The van der Waals surface area contributed by atoms with Crippen molar-refractivity contribution < 1.29 is 22.4 Å². The Labute approximate surface area is 282 Å². The number of aromatic nitrogens is 2. The van der Waals surface area contributed by atoms with Gasteiger partial charge < -0.3 is 15.1 Å². The lowest BCUT2D eigenvalue weighted by Crippen LogP contribution is -2.58. The third-order valence-electron chi connectivity index (χ3n) is 9.98. The van der Waals surface area contributed by atoms with Gasteiger partial charge in [-0.05, 0) is 55.9 Å². The molecule has 48 heavy (non-hydrogen) atoms. The average molecular weight is 697 g/mol. The van der Waals surface area contributed by atoms with Crippen molar-refractivity contribution in [3.63, 3.8) is 0 Å². The number of halogens is 4. The van der Waals surface area contributed by atoms with Gasteiger partial charge in [0.2, 0.25) is 5.91 Å². The second-order valence-electron chi connectivity index (χ2n) is 13.0. The number of fused-ring (bicyclic) bond motifs is 1. The fourth-order valence-electron chi connectivity index (χ4n) is 7.70. The molecule has 0 radical (unpaired) electrons. The van der Waals surface area contributed by atoms with E-state index in [9.17, 15) is 14.9 Å². The molecule has 1 saturated heterocycles. The van der Waals surface area contributed by atoms with Gasteiger partial charge in [-0.2, -0.15) is 23.4 Å². The number of anilines is 2. The maximum absolute atomic E-state index is 15.4. The minimum atomic E-state index is -4.86. The Morgan fingerprint density at radius 2 is 1.94 bits per heavy atom. The molecule has 4 heterocycles. The minimum Gasteiger partial charge on any atom is -0.379 e. The number of nitriles is 1. The number of amides is 1. The number of thiophene rings is 1. The van der Waals surface area contributed by atoms with Crippen molar-refractivity contribution >= 4 is 60.8 Å². The van der Waals surface area contributed by atoms with Crippen LogP contribution in [0.1, 0.15) is 44.2 Å². The van der Waals surface area contributed by atoms with Crippen LogP contribution in [0.25, 0.3) is 32.1 Å². The fourth-order valence-corrected chi connectivity index (χ4v) is 10.3. The summed E-state index contributed by atoms with van der Waals surface area (Å²) >= 11 is 2.26. The van der Waals surface area contributed by atoms with Gasteiger partial charge in [0.1, 0.15) is 22.7 Å². The molecule has 1 saturated carbocycles. The molecule has 1 N–H and O–H groups in total. The first-order valence-electron chi connectivity index (χ1n) is 15.7. The molecule has 250 valence electrons. The molecule has 8 nitrogen and oxygen atoms in total. The Balaban J connectivity index is 1.57. The third-order valence-corrected chi connectivity index (χ3v) is 12.6. The first-order valence-corrected chi connectivity index (χ1v) is 17.5. The van der Waals surface area contributed by atoms with Gasteiger partial charge in [-0.3, -0.25) is 9.36 Å². The summed E-state index contributed by atoms with van der Waals surface area (Å²) in [4.78, 5) is 34.8. The predicted molar refractivity (Wildman–Crippen MR) is 181 cm³/mol. The van der Waals surface area contributed by atoms with Crippen LogP contribution in [0.2, 0.25) is 0 Å². The summed E-state index contributed by atoms with van der Waals surface area (Å²) in [6, 6.07) is 4.93. The second kappa shape index (κ2) is 11.5. The summed E-state index contributed by atoms with van der Waals surface area (Å²) in [5.41, 5.74) is -1.47. The highest BCUT2D eigenvalue weighted by molar-refractivity contribution is 7.99. The van der Waals surface area contributed by atoms with Gasteiger partial charge in [0.05, 0.1) is 21.3 Å². The number of thioether (sulfide) groups is 1. The molecule has 1 aliphatic carbocycles. The summed E-state index contributed by atoms with van der Waals surface area (Å²) < 4.78 is 63.1. The van der Waals surface area contributed by atoms with Crippen LogP contribution in [0, 0.1) is 22.6 Å². The van der Waals surface area contributed by atoms with E-state index in [-0.39, 0.29) is 79.4 Å². The molecular weight excluding hydrogens is 665 g/mol. The van der Waals surface area contributed by atoms with Crippen molar-refractivity contribution in [3.05, 3.63) is 58.3 Å². The molecule has 14 heteroatoms. The molecule has 0 unspecified atom stereocenters. The summed E-state index contributed by atoms with van der Waals surface area (Å²) in [6.07, 6.45) is -1.01. The Hall–Kier alpha value is -4.09. The van der Waals surface area contributed by atoms with Crippen LogP contribution in [0.4, 0.5) is 28.4 Å². The van der Waals surface area contributed by atoms with Gasteiger partial charge in [0, 0.05) is 65.7 Å². The van der Waals surface area contributed by atoms with Crippen LogP contribution in [0.5, 0.6) is 0 Å². The zero-order chi connectivity index (χ0) is 34.3. The molecule has 2 aromatic heterocycles. The first kappa shape index (κ1) is 32.5. The van der Waals surface area contributed by atoms with E-state index in [1.54, 1.807) is 16.8 Å². The fraction of sp³-hybridized carbons (Fsp3) is 0.412. The van der Waals surface area contributed by atoms with Crippen molar-refractivity contribution in [1.82, 2.24) is 14.5 Å².